The van der Waals surface area contributed by atoms with E-state index in [1.807, 2.05) is 53.0 Å². The molecular weight excluding hydrogens is 288 g/mol. The van der Waals surface area contributed by atoms with Crippen molar-refractivity contribution in [3.05, 3.63) is 35.6 Å². The molecule has 0 aromatic carbocycles. The van der Waals surface area contributed by atoms with Gasteiger partial charge < -0.3 is 15.0 Å². The van der Waals surface area contributed by atoms with Crippen LogP contribution in [-0.4, -0.2) is 37.7 Å². The number of nitrogens with one attached hydrogen (secondary N) is 1. The van der Waals surface area contributed by atoms with Gasteiger partial charge >= 0.3 is 0 Å². The monoisotopic (exact) mass is 322 g/mol. The first-order valence-corrected chi connectivity index (χ1v) is 8.59. The highest BCUT2D eigenvalue weighted by Gasteiger charge is 2.10. The minimum atomic E-state index is 0.0862. The van der Waals surface area contributed by atoms with Crippen molar-refractivity contribution in [2.24, 2.45) is 0 Å². The average molecular weight is 322 g/mol. The molecule has 0 bridgehead atoms. The van der Waals surface area contributed by atoms with Crippen LogP contribution >= 0.6 is 0 Å². The van der Waals surface area contributed by atoms with Crippen LogP contribution in [0.4, 0.5) is 0 Å². The fourth-order valence-corrected chi connectivity index (χ4v) is 1.82. The Morgan fingerprint density at radius 3 is 2.48 bits per heavy atom. The van der Waals surface area contributed by atoms with E-state index in [4.69, 9.17) is 0 Å². The fraction of sp³-hybridized carbons (Fsp3) is 0.579. The Morgan fingerprint density at radius 1 is 1.26 bits per heavy atom. The van der Waals surface area contributed by atoms with Crippen LogP contribution < -0.4 is 5.32 Å². The number of carbonyl (C=O) groups is 2. The van der Waals surface area contributed by atoms with Gasteiger partial charge in [-0.05, 0) is 18.1 Å². The van der Waals surface area contributed by atoms with E-state index in [1.165, 1.54) is 0 Å². The van der Waals surface area contributed by atoms with Gasteiger partial charge in [-0.3, -0.25) is 4.79 Å². The summed E-state index contributed by atoms with van der Waals surface area (Å²) >= 11 is 0. The number of nitrogens with zero attached hydrogens (tertiary/aromatic N) is 1. The first kappa shape index (κ1) is 23.4. The summed E-state index contributed by atoms with van der Waals surface area (Å²) in [4.78, 5) is 23.9. The standard InChI is InChI=1S/C15H22N2O2.2C2H6/c1-16-14-7-5-6-13(8-9-14)12-15(19)17(2)10-3-4-11-18;2*1-2/h5-6,8-9,11,16H,3-4,7,10,12H2,1-2H3;2*1-2H3. The van der Waals surface area contributed by atoms with Gasteiger partial charge in [0.25, 0.3) is 0 Å². The Balaban J connectivity index is 0. The van der Waals surface area contributed by atoms with Gasteiger partial charge in [-0.2, -0.15) is 0 Å². The number of aldehydes is 1. The molecule has 4 nitrogen and oxygen atoms in total. The summed E-state index contributed by atoms with van der Waals surface area (Å²) in [5.41, 5.74) is 2.15. The molecule has 1 aliphatic carbocycles. The van der Waals surface area contributed by atoms with E-state index in [-0.39, 0.29) is 5.91 Å². The van der Waals surface area contributed by atoms with Gasteiger partial charge in [0, 0.05) is 39.2 Å². The molecule has 0 saturated heterocycles. The maximum atomic E-state index is 12.0. The van der Waals surface area contributed by atoms with Crippen molar-refractivity contribution in [1.82, 2.24) is 10.2 Å². The van der Waals surface area contributed by atoms with Crippen LogP contribution in [0, 0.1) is 0 Å². The molecule has 0 aliphatic heterocycles. The minimum absolute atomic E-state index is 0.0862. The Bertz CT molecular complexity index is 410. The second-order valence-electron chi connectivity index (χ2n) is 4.59. The number of unbranched alkanes of at least 4 members (excludes halogenated alkanes) is 1. The average Bonchev–Trinajstić information content (AvgIpc) is 2.83. The lowest BCUT2D eigenvalue weighted by Crippen LogP contribution is -2.27. The molecular formula is C19H34N2O2. The van der Waals surface area contributed by atoms with E-state index in [9.17, 15) is 9.59 Å². The Kier molecular flexibility index (Phi) is 16.8. The second kappa shape index (κ2) is 16.5. The molecule has 0 saturated carbocycles. The molecule has 1 amide bonds. The van der Waals surface area contributed by atoms with E-state index < -0.39 is 0 Å². The zero-order chi connectivity index (χ0) is 18.1. The summed E-state index contributed by atoms with van der Waals surface area (Å²) in [5.74, 6) is 0.0862. The molecule has 0 heterocycles. The van der Waals surface area contributed by atoms with Gasteiger partial charge in [-0.15, -0.1) is 0 Å². The van der Waals surface area contributed by atoms with Crippen molar-refractivity contribution < 1.29 is 9.59 Å². The van der Waals surface area contributed by atoms with E-state index in [2.05, 4.69) is 11.4 Å². The summed E-state index contributed by atoms with van der Waals surface area (Å²) in [6, 6.07) is 0. The van der Waals surface area contributed by atoms with Crippen molar-refractivity contribution in [2.75, 3.05) is 20.6 Å². The number of allylic oxidation sites excluding steroid dienone is 4. The van der Waals surface area contributed by atoms with Crippen LogP contribution in [0.5, 0.6) is 0 Å². The van der Waals surface area contributed by atoms with Gasteiger partial charge in [-0.25, -0.2) is 0 Å². The highest BCUT2D eigenvalue weighted by Crippen LogP contribution is 2.13. The maximum absolute atomic E-state index is 12.0. The molecule has 132 valence electrons. The fourth-order valence-electron chi connectivity index (χ4n) is 1.82. The van der Waals surface area contributed by atoms with Crippen LogP contribution in [0.2, 0.25) is 0 Å². The zero-order valence-corrected chi connectivity index (χ0v) is 15.7. The number of rotatable bonds is 7. The molecule has 1 aliphatic rings. The predicted molar refractivity (Wildman–Crippen MR) is 99.2 cm³/mol. The summed E-state index contributed by atoms with van der Waals surface area (Å²) in [6.07, 6.45) is 11.4. The summed E-state index contributed by atoms with van der Waals surface area (Å²) in [6.45, 7) is 8.63. The molecule has 0 atom stereocenters. The second-order valence-corrected chi connectivity index (χ2v) is 4.59. The third-order valence-corrected chi connectivity index (χ3v) is 3.09. The maximum Gasteiger partial charge on any atom is 0.226 e. The largest absolute Gasteiger partial charge is 0.391 e. The normalized spacial score (nSPS) is 12.3. The molecule has 0 unspecified atom stereocenters. The van der Waals surface area contributed by atoms with Crippen molar-refractivity contribution in [2.45, 2.75) is 53.4 Å². The van der Waals surface area contributed by atoms with Crippen LogP contribution in [0.25, 0.3) is 0 Å². The number of carbonyl (C=O) groups excluding carboxylic acids is 2. The third-order valence-electron chi connectivity index (χ3n) is 3.09. The molecule has 0 aromatic heterocycles. The lowest BCUT2D eigenvalue weighted by atomic mass is 10.1. The Morgan fingerprint density at radius 2 is 1.91 bits per heavy atom. The van der Waals surface area contributed by atoms with Crippen molar-refractivity contribution >= 4 is 12.2 Å². The molecule has 0 fully saturated rings. The molecule has 23 heavy (non-hydrogen) atoms. The van der Waals surface area contributed by atoms with Crippen molar-refractivity contribution in [1.29, 1.82) is 0 Å². The smallest absolute Gasteiger partial charge is 0.226 e. The summed E-state index contributed by atoms with van der Waals surface area (Å²) in [7, 11) is 3.67. The van der Waals surface area contributed by atoms with E-state index in [0.29, 0.717) is 19.4 Å². The first-order valence-electron chi connectivity index (χ1n) is 8.59. The minimum Gasteiger partial charge on any atom is -0.391 e. The van der Waals surface area contributed by atoms with Crippen LogP contribution in [0.3, 0.4) is 0 Å². The zero-order valence-electron chi connectivity index (χ0n) is 15.7. The molecule has 0 radical (unpaired) electrons. The number of hydrogen-bond donors (Lipinski definition) is 1. The van der Waals surface area contributed by atoms with Crippen molar-refractivity contribution in [3.63, 3.8) is 0 Å². The SMILES string of the molecule is CC.CC.CNC1=CC=C(CC(=O)N(C)CCCC=O)C=CC1. The first-order chi connectivity index (χ1) is 11.2. The third kappa shape index (κ3) is 11.4. The topological polar surface area (TPSA) is 49.4 Å². The summed E-state index contributed by atoms with van der Waals surface area (Å²) < 4.78 is 0. The quantitative estimate of drug-likeness (QED) is 0.572. The lowest BCUT2D eigenvalue weighted by Gasteiger charge is -2.16. The molecule has 0 aromatic rings. The Hall–Kier alpha value is -1.84. The van der Waals surface area contributed by atoms with E-state index >= 15 is 0 Å². The van der Waals surface area contributed by atoms with Crippen LogP contribution in [-0.2, 0) is 9.59 Å². The van der Waals surface area contributed by atoms with E-state index in [0.717, 1.165) is 30.4 Å². The van der Waals surface area contributed by atoms with Crippen LogP contribution in [0.1, 0.15) is 53.4 Å². The molecule has 4 heteroatoms. The highest BCUT2D eigenvalue weighted by molar-refractivity contribution is 5.79. The molecule has 0 spiro atoms. The van der Waals surface area contributed by atoms with Gasteiger partial charge in [-0.1, -0.05) is 45.9 Å². The van der Waals surface area contributed by atoms with Crippen LogP contribution in [0.15, 0.2) is 35.6 Å². The van der Waals surface area contributed by atoms with Gasteiger partial charge in [0.1, 0.15) is 6.29 Å². The molecule has 1 rings (SSSR count). The number of amides is 1. The van der Waals surface area contributed by atoms with Gasteiger partial charge in [0.2, 0.25) is 5.91 Å². The summed E-state index contributed by atoms with van der Waals surface area (Å²) in [5, 5.41) is 3.11. The molecule has 1 N–H and O–H groups in total. The number of hydrogen-bond acceptors (Lipinski definition) is 3. The Labute approximate surface area is 142 Å². The van der Waals surface area contributed by atoms with Crippen molar-refractivity contribution in [3.8, 4) is 0 Å². The van der Waals surface area contributed by atoms with Gasteiger partial charge in [0.15, 0.2) is 0 Å². The van der Waals surface area contributed by atoms with E-state index in [1.54, 1.807) is 11.9 Å². The van der Waals surface area contributed by atoms with Gasteiger partial charge in [0.05, 0.1) is 6.42 Å². The predicted octanol–water partition coefficient (Wildman–Crippen LogP) is 3.86. The lowest BCUT2D eigenvalue weighted by molar-refractivity contribution is -0.129. The highest BCUT2D eigenvalue weighted by atomic mass is 16.2.